The summed E-state index contributed by atoms with van der Waals surface area (Å²) in [5.74, 6) is -0.355. The Kier molecular flexibility index (Phi) is 5.43. The van der Waals surface area contributed by atoms with Gasteiger partial charge in [0, 0.05) is 58.2 Å². The molecule has 0 saturated carbocycles. The maximum atomic E-state index is 12.9. The first-order chi connectivity index (χ1) is 16.3. The fourth-order valence-electron chi connectivity index (χ4n) is 4.02. The number of pyridine rings is 1. The highest BCUT2D eigenvalue weighted by atomic mass is 32.2. The molecule has 1 amide bonds. The summed E-state index contributed by atoms with van der Waals surface area (Å²) in [6.07, 6.45) is 3.80. The van der Waals surface area contributed by atoms with Crippen LogP contribution in [0.5, 0.6) is 0 Å². The summed E-state index contributed by atoms with van der Waals surface area (Å²) in [5, 5.41) is 4.95. The lowest BCUT2D eigenvalue weighted by molar-refractivity contribution is 0.102. The number of sulfonamides is 1. The quantitative estimate of drug-likeness (QED) is 0.346. The number of hydrogen-bond donors (Lipinski definition) is 3. The predicted octanol–water partition coefficient (Wildman–Crippen LogP) is 4.02. The Morgan fingerprint density at radius 3 is 2.62 bits per heavy atom. The standard InChI is InChI=1S/C25H23N5O3S/c1-26-34(32,33)15-16-5-8-19(9-6-16)28-25(31)18-7-10-20-21(14-30(2)23(20)13-18)22-12-17-4-3-11-27-24(17)29-22/h3-14,26H,15H2,1-2H3,(H,27,29)(H,28,31). The van der Waals surface area contributed by atoms with Gasteiger partial charge < -0.3 is 14.9 Å². The molecular formula is C25H23N5O3S. The van der Waals surface area contributed by atoms with Crippen LogP contribution >= 0.6 is 0 Å². The summed E-state index contributed by atoms with van der Waals surface area (Å²) in [4.78, 5) is 20.6. The van der Waals surface area contributed by atoms with Gasteiger partial charge in [-0.2, -0.15) is 0 Å². The van der Waals surface area contributed by atoms with Gasteiger partial charge in [0.25, 0.3) is 5.91 Å². The Labute approximate surface area is 196 Å². The maximum absolute atomic E-state index is 12.9. The van der Waals surface area contributed by atoms with Crippen LogP contribution in [0.4, 0.5) is 5.69 Å². The molecule has 5 rings (SSSR count). The first kappa shape index (κ1) is 21.9. The third-order valence-corrected chi connectivity index (χ3v) is 7.15. The van der Waals surface area contributed by atoms with Gasteiger partial charge >= 0.3 is 0 Å². The fraction of sp³-hybridized carbons (Fsp3) is 0.120. The molecule has 34 heavy (non-hydrogen) atoms. The molecule has 9 heteroatoms. The summed E-state index contributed by atoms with van der Waals surface area (Å²) in [6, 6.07) is 18.4. The molecule has 0 aliphatic carbocycles. The fourth-order valence-corrected chi connectivity index (χ4v) is 4.80. The van der Waals surface area contributed by atoms with E-state index in [0.717, 1.165) is 33.2 Å². The molecule has 0 fully saturated rings. The predicted molar refractivity (Wildman–Crippen MR) is 134 cm³/mol. The zero-order valence-corrected chi connectivity index (χ0v) is 19.5. The van der Waals surface area contributed by atoms with Crippen molar-refractivity contribution >= 4 is 43.6 Å². The second kappa shape index (κ2) is 8.44. The maximum Gasteiger partial charge on any atom is 0.255 e. The van der Waals surface area contributed by atoms with E-state index in [0.29, 0.717) is 16.8 Å². The first-order valence-electron chi connectivity index (χ1n) is 10.7. The third-order valence-electron chi connectivity index (χ3n) is 5.81. The highest BCUT2D eigenvalue weighted by molar-refractivity contribution is 7.88. The molecule has 0 spiro atoms. The van der Waals surface area contributed by atoms with Crippen LogP contribution in [0.3, 0.4) is 0 Å². The van der Waals surface area contributed by atoms with Crippen molar-refractivity contribution in [2.24, 2.45) is 7.05 Å². The molecule has 3 N–H and O–H groups in total. The van der Waals surface area contributed by atoms with E-state index >= 15 is 0 Å². The Morgan fingerprint density at radius 2 is 1.88 bits per heavy atom. The molecular weight excluding hydrogens is 450 g/mol. The van der Waals surface area contributed by atoms with E-state index in [9.17, 15) is 13.2 Å². The van der Waals surface area contributed by atoms with Gasteiger partial charge in [-0.15, -0.1) is 0 Å². The Balaban J connectivity index is 1.39. The number of nitrogens with zero attached hydrogens (tertiary/aromatic N) is 2. The van der Waals surface area contributed by atoms with Crippen molar-refractivity contribution in [3.8, 4) is 11.3 Å². The number of carbonyl (C=O) groups is 1. The molecule has 0 saturated heterocycles. The molecule has 0 unspecified atom stereocenters. The highest BCUT2D eigenvalue weighted by Crippen LogP contribution is 2.32. The average Bonchev–Trinajstić information content (AvgIpc) is 3.41. The summed E-state index contributed by atoms with van der Waals surface area (Å²) in [6.45, 7) is 0. The van der Waals surface area contributed by atoms with E-state index < -0.39 is 10.0 Å². The first-order valence-corrected chi connectivity index (χ1v) is 12.3. The molecule has 0 bridgehead atoms. The molecule has 0 aliphatic heterocycles. The Morgan fingerprint density at radius 1 is 1.09 bits per heavy atom. The zero-order chi connectivity index (χ0) is 23.9. The van der Waals surface area contributed by atoms with Crippen LogP contribution in [0.15, 0.2) is 73.1 Å². The SMILES string of the molecule is CNS(=O)(=O)Cc1ccc(NC(=O)c2ccc3c(-c4cc5cccnc5[nH]4)cn(C)c3c2)cc1. The number of fused-ring (bicyclic) bond motifs is 2. The van der Waals surface area contributed by atoms with Gasteiger partial charge in [0.15, 0.2) is 0 Å². The van der Waals surface area contributed by atoms with Crippen molar-refractivity contribution in [2.75, 3.05) is 12.4 Å². The van der Waals surface area contributed by atoms with E-state index in [-0.39, 0.29) is 11.7 Å². The van der Waals surface area contributed by atoms with Crippen LogP contribution in [-0.2, 0) is 22.8 Å². The van der Waals surface area contributed by atoms with Crippen molar-refractivity contribution in [1.29, 1.82) is 0 Å². The van der Waals surface area contributed by atoms with Crippen molar-refractivity contribution < 1.29 is 13.2 Å². The number of benzene rings is 2. The number of aryl methyl sites for hydroxylation is 1. The number of rotatable bonds is 6. The third kappa shape index (κ3) is 4.18. The lowest BCUT2D eigenvalue weighted by Gasteiger charge is -2.08. The van der Waals surface area contributed by atoms with Crippen LogP contribution in [-0.4, -0.2) is 35.9 Å². The van der Waals surface area contributed by atoms with Gasteiger partial charge in [-0.25, -0.2) is 18.1 Å². The number of aromatic nitrogens is 3. The number of anilines is 1. The number of aromatic amines is 1. The van der Waals surface area contributed by atoms with Gasteiger partial charge in [-0.1, -0.05) is 18.2 Å². The largest absolute Gasteiger partial charge is 0.350 e. The second-order valence-corrected chi connectivity index (χ2v) is 10.1. The van der Waals surface area contributed by atoms with E-state index in [1.807, 2.05) is 42.1 Å². The molecule has 0 aliphatic rings. The van der Waals surface area contributed by atoms with Gasteiger partial charge in [-0.05, 0) is 55.1 Å². The van der Waals surface area contributed by atoms with Crippen molar-refractivity contribution in [1.82, 2.24) is 19.3 Å². The molecule has 0 radical (unpaired) electrons. The zero-order valence-electron chi connectivity index (χ0n) is 18.7. The van der Waals surface area contributed by atoms with E-state index in [1.165, 1.54) is 7.05 Å². The van der Waals surface area contributed by atoms with Gasteiger partial charge in [0.05, 0.1) is 5.75 Å². The molecule has 8 nitrogen and oxygen atoms in total. The summed E-state index contributed by atoms with van der Waals surface area (Å²) < 4.78 is 27.7. The van der Waals surface area contributed by atoms with Crippen molar-refractivity contribution in [3.63, 3.8) is 0 Å². The summed E-state index contributed by atoms with van der Waals surface area (Å²) in [7, 11) is -0.0142. The average molecular weight is 474 g/mol. The van der Waals surface area contributed by atoms with Crippen LogP contribution in [0, 0.1) is 0 Å². The van der Waals surface area contributed by atoms with Crippen LogP contribution in [0.25, 0.3) is 33.2 Å². The normalized spacial score (nSPS) is 11.8. The van der Waals surface area contributed by atoms with E-state index in [4.69, 9.17) is 0 Å². The lowest BCUT2D eigenvalue weighted by Crippen LogP contribution is -2.20. The molecule has 172 valence electrons. The number of nitrogens with one attached hydrogen (secondary N) is 3. The highest BCUT2D eigenvalue weighted by Gasteiger charge is 2.15. The van der Waals surface area contributed by atoms with Gasteiger partial charge in [0.2, 0.25) is 10.0 Å². The molecule has 2 aromatic carbocycles. The number of hydrogen-bond acceptors (Lipinski definition) is 4. The van der Waals surface area contributed by atoms with Crippen LogP contribution < -0.4 is 10.0 Å². The number of carbonyl (C=O) groups excluding carboxylic acids is 1. The van der Waals surface area contributed by atoms with E-state index in [2.05, 4.69) is 26.1 Å². The Bertz CT molecular complexity index is 1600. The van der Waals surface area contributed by atoms with Crippen molar-refractivity contribution in [2.45, 2.75) is 5.75 Å². The van der Waals surface area contributed by atoms with Crippen LogP contribution in [0.2, 0.25) is 0 Å². The molecule has 3 aromatic heterocycles. The monoisotopic (exact) mass is 473 g/mol. The summed E-state index contributed by atoms with van der Waals surface area (Å²) in [5.41, 5.74) is 5.53. The van der Waals surface area contributed by atoms with Gasteiger partial charge in [-0.3, -0.25) is 4.79 Å². The van der Waals surface area contributed by atoms with Crippen LogP contribution in [0.1, 0.15) is 15.9 Å². The smallest absolute Gasteiger partial charge is 0.255 e. The lowest BCUT2D eigenvalue weighted by atomic mass is 10.1. The minimum absolute atomic E-state index is 0.114. The van der Waals surface area contributed by atoms with Crippen molar-refractivity contribution in [3.05, 3.63) is 84.2 Å². The molecule has 5 aromatic rings. The molecule has 0 atom stereocenters. The minimum Gasteiger partial charge on any atom is -0.350 e. The molecule has 3 heterocycles. The number of amides is 1. The number of H-pyrrole nitrogens is 1. The summed E-state index contributed by atoms with van der Waals surface area (Å²) >= 11 is 0. The second-order valence-electron chi connectivity index (χ2n) is 8.12. The van der Waals surface area contributed by atoms with E-state index in [1.54, 1.807) is 36.5 Å². The topological polar surface area (TPSA) is 109 Å². The minimum atomic E-state index is -3.35. The Hall–Kier alpha value is -3.95. The van der Waals surface area contributed by atoms with Gasteiger partial charge in [0.1, 0.15) is 5.65 Å².